The first-order chi connectivity index (χ1) is 18.7. The summed E-state index contributed by atoms with van der Waals surface area (Å²) < 4.78 is 0.485. The first-order valence-electron chi connectivity index (χ1n) is 13.0. The Labute approximate surface area is 230 Å². The molecular weight excluding hydrogens is 516 g/mol. The van der Waals surface area contributed by atoms with E-state index in [1.807, 2.05) is 43.5 Å². The Morgan fingerprint density at radius 3 is 2.51 bits per heavy atom. The summed E-state index contributed by atoms with van der Waals surface area (Å²) >= 11 is 1.62. The zero-order valence-electron chi connectivity index (χ0n) is 21.8. The van der Waals surface area contributed by atoms with Crippen molar-refractivity contribution in [2.75, 3.05) is 13.1 Å². The van der Waals surface area contributed by atoms with Gasteiger partial charge >= 0.3 is 5.91 Å². The highest BCUT2D eigenvalue weighted by atomic mass is 32.1. The van der Waals surface area contributed by atoms with Gasteiger partial charge in [0.1, 0.15) is 12.1 Å². The first-order valence-corrected chi connectivity index (χ1v) is 13.9. The molecule has 10 heteroatoms. The van der Waals surface area contributed by atoms with Gasteiger partial charge in [0.05, 0.1) is 12.6 Å². The third-order valence-corrected chi connectivity index (χ3v) is 8.19. The lowest BCUT2D eigenvalue weighted by atomic mass is 10.0. The van der Waals surface area contributed by atoms with Crippen molar-refractivity contribution in [3.8, 4) is 10.4 Å². The van der Waals surface area contributed by atoms with Crippen molar-refractivity contribution in [3.05, 3.63) is 82.6 Å². The van der Waals surface area contributed by atoms with E-state index in [0.717, 1.165) is 10.4 Å². The van der Waals surface area contributed by atoms with Crippen LogP contribution in [0.2, 0.25) is 0 Å². The van der Waals surface area contributed by atoms with Gasteiger partial charge in [0.25, 0.3) is 11.6 Å². The van der Waals surface area contributed by atoms with Crippen molar-refractivity contribution in [2.24, 2.45) is 5.92 Å². The highest BCUT2D eigenvalue weighted by Gasteiger charge is 2.53. The summed E-state index contributed by atoms with van der Waals surface area (Å²) in [5, 5.41) is 17.0. The molecule has 2 aliphatic rings. The predicted octanol–water partition coefficient (Wildman–Crippen LogP) is 2.89. The zero-order chi connectivity index (χ0) is 27.7. The predicted molar refractivity (Wildman–Crippen MR) is 146 cm³/mol. The van der Waals surface area contributed by atoms with E-state index in [4.69, 9.17) is 0 Å². The molecule has 3 amide bonds. The summed E-state index contributed by atoms with van der Waals surface area (Å²) in [5.74, 6) is -1.35. The van der Waals surface area contributed by atoms with Crippen LogP contribution < -0.4 is 10.0 Å². The Balaban J connectivity index is 1.31. The fraction of sp³-hybridized carbons (Fsp3) is 0.345. The molecule has 5 rings (SSSR count). The van der Waals surface area contributed by atoms with Crippen LogP contribution in [-0.4, -0.2) is 64.5 Å². The normalized spacial score (nSPS) is 19.3. The third-order valence-electron chi connectivity index (χ3n) is 7.27. The molecule has 39 heavy (non-hydrogen) atoms. The fourth-order valence-corrected chi connectivity index (χ4v) is 6.18. The molecule has 2 fully saturated rings. The Morgan fingerprint density at radius 1 is 1.08 bits per heavy atom. The number of likely N-dealkylation sites (tertiary alicyclic amines) is 2. The smallest absolute Gasteiger partial charge is 0.320 e. The average Bonchev–Trinajstić information content (AvgIpc) is 3.67. The molecule has 0 aliphatic carbocycles. The number of rotatable bonds is 7. The van der Waals surface area contributed by atoms with E-state index in [0.29, 0.717) is 23.1 Å². The molecule has 0 spiro atoms. The van der Waals surface area contributed by atoms with Gasteiger partial charge < -0.3 is 20.3 Å². The number of carbonyl (C=O) groups is 4. The molecule has 3 aromatic rings. The van der Waals surface area contributed by atoms with Crippen LogP contribution in [0.4, 0.5) is 0 Å². The van der Waals surface area contributed by atoms with Crippen LogP contribution >= 0.6 is 11.3 Å². The van der Waals surface area contributed by atoms with Crippen molar-refractivity contribution in [1.29, 1.82) is 0 Å². The van der Waals surface area contributed by atoms with Crippen molar-refractivity contribution in [3.63, 3.8) is 0 Å². The van der Waals surface area contributed by atoms with Crippen LogP contribution in [0.25, 0.3) is 10.4 Å². The number of nitrogens with zero attached hydrogens (tertiary/aromatic N) is 3. The number of ketones is 1. The van der Waals surface area contributed by atoms with E-state index >= 15 is 0 Å². The maximum atomic E-state index is 13.7. The van der Waals surface area contributed by atoms with E-state index in [9.17, 15) is 24.4 Å². The van der Waals surface area contributed by atoms with Crippen LogP contribution in [0.1, 0.15) is 47.5 Å². The topological polar surface area (TPSA) is 114 Å². The molecule has 1 aromatic carbocycles. The van der Waals surface area contributed by atoms with Crippen LogP contribution in [0, 0.1) is 11.1 Å². The minimum absolute atomic E-state index is 0.0641. The molecule has 3 atom stereocenters. The number of aromatic nitrogens is 1. The second kappa shape index (κ2) is 11.0. The van der Waals surface area contributed by atoms with Crippen LogP contribution in [0.5, 0.6) is 0 Å². The Bertz CT molecular complexity index is 1390. The largest absolute Gasteiger partial charge is 0.618 e. The number of amides is 3. The van der Waals surface area contributed by atoms with E-state index in [1.165, 1.54) is 28.1 Å². The number of fused-ring (bicyclic) bond motifs is 1. The lowest BCUT2D eigenvalue weighted by Crippen LogP contribution is -2.53. The van der Waals surface area contributed by atoms with E-state index < -0.39 is 24.0 Å². The maximum Gasteiger partial charge on any atom is 0.320 e. The number of Topliss-reactive ketones (excluding diaryl/α,β-unsaturated/α-hetero) is 1. The summed E-state index contributed by atoms with van der Waals surface area (Å²) in [4.78, 5) is 57.1. The lowest BCUT2D eigenvalue weighted by Gasteiger charge is -2.29. The minimum Gasteiger partial charge on any atom is -0.618 e. The molecule has 0 bridgehead atoms. The number of nitrogens with one attached hydrogen (secondary N) is 1. The van der Waals surface area contributed by atoms with Crippen LogP contribution in [0.15, 0.2) is 66.2 Å². The quantitative estimate of drug-likeness (QED) is 0.362. The minimum atomic E-state index is -0.816. The van der Waals surface area contributed by atoms with Crippen molar-refractivity contribution >= 4 is 34.8 Å². The molecule has 2 saturated heterocycles. The maximum absolute atomic E-state index is 13.7. The molecule has 4 heterocycles. The van der Waals surface area contributed by atoms with Gasteiger partial charge in [-0.2, -0.15) is 4.73 Å². The molecule has 202 valence electrons. The van der Waals surface area contributed by atoms with E-state index in [-0.39, 0.29) is 42.3 Å². The van der Waals surface area contributed by atoms with Crippen molar-refractivity contribution in [1.82, 2.24) is 15.1 Å². The van der Waals surface area contributed by atoms with Gasteiger partial charge in [0, 0.05) is 29.1 Å². The molecule has 0 radical (unpaired) electrons. The SMILES string of the molecule is CC(C)CC(NC(=O)c1ccc(-c2cccs2)cc1)C(=O)N1CCC2C1C(=O)CN2C(=O)c1cccc[n+]1[O-]. The van der Waals surface area contributed by atoms with Gasteiger partial charge in [-0.1, -0.05) is 32.0 Å². The molecule has 1 N–H and O–H groups in total. The number of thiophene rings is 1. The monoisotopic (exact) mass is 546 g/mol. The van der Waals surface area contributed by atoms with Gasteiger partial charge in [-0.15, -0.1) is 11.3 Å². The number of hydrogen-bond acceptors (Lipinski definition) is 6. The molecule has 2 aromatic heterocycles. The summed E-state index contributed by atoms with van der Waals surface area (Å²) in [6.45, 7) is 4.06. The summed E-state index contributed by atoms with van der Waals surface area (Å²) in [6, 6.07) is 13.7. The summed E-state index contributed by atoms with van der Waals surface area (Å²) in [5.41, 5.74) is 1.39. The highest BCUT2D eigenvalue weighted by molar-refractivity contribution is 7.13. The number of benzene rings is 1. The Morgan fingerprint density at radius 2 is 1.85 bits per heavy atom. The summed E-state index contributed by atoms with van der Waals surface area (Å²) in [6.07, 6.45) is 2.07. The van der Waals surface area contributed by atoms with Crippen molar-refractivity contribution in [2.45, 2.75) is 44.8 Å². The van der Waals surface area contributed by atoms with Gasteiger partial charge in [0.15, 0.2) is 12.0 Å². The number of carbonyl (C=O) groups excluding carboxylic acids is 4. The second-order valence-corrected chi connectivity index (χ2v) is 11.3. The third kappa shape index (κ3) is 5.29. The van der Waals surface area contributed by atoms with Crippen LogP contribution in [-0.2, 0) is 9.59 Å². The number of pyridine rings is 1. The Kier molecular flexibility index (Phi) is 7.47. The van der Waals surface area contributed by atoms with Gasteiger partial charge in [-0.25, -0.2) is 0 Å². The molecule has 0 saturated carbocycles. The molecule has 2 aliphatic heterocycles. The van der Waals surface area contributed by atoms with Gasteiger partial charge in [-0.05, 0) is 54.0 Å². The summed E-state index contributed by atoms with van der Waals surface area (Å²) in [7, 11) is 0. The highest BCUT2D eigenvalue weighted by Crippen LogP contribution is 2.31. The lowest BCUT2D eigenvalue weighted by molar-refractivity contribution is -0.608. The average molecular weight is 547 g/mol. The molecule has 9 nitrogen and oxygen atoms in total. The second-order valence-electron chi connectivity index (χ2n) is 10.4. The van der Waals surface area contributed by atoms with Crippen molar-refractivity contribution < 1.29 is 23.9 Å². The Hall–Kier alpha value is -4.05. The van der Waals surface area contributed by atoms with E-state index in [1.54, 1.807) is 29.5 Å². The molecular formula is C29H30N4O5S. The zero-order valence-corrected chi connectivity index (χ0v) is 22.6. The standard InChI is InChI=1S/C29H30N4O5S/c1-18(2)16-21(30-27(35)20-10-8-19(9-11-20)25-7-5-15-39-25)28(36)31-14-12-22-26(31)24(34)17-32(22)29(37)23-6-3-4-13-33(23)38/h3-11,13,15,18,21-22,26H,12,14,16-17H2,1-2H3,(H,30,35). The first kappa shape index (κ1) is 26.6. The number of hydrogen-bond donors (Lipinski definition) is 1. The van der Waals surface area contributed by atoms with Gasteiger partial charge in [-0.3, -0.25) is 19.2 Å². The fourth-order valence-electron chi connectivity index (χ4n) is 5.44. The molecule has 3 unspecified atom stereocenters. The van der Waals surface area contributed by atoms with Gasteiger partial charge in [0.2, 0.25) is 5.91 Å². The van der Waals surface area contributed by atoms with Crippen LogP contribution in [0.3, 0.4) is 0 Å². The van der Waals surface area contributed by atoms with E-state index in [2.05, 4.69) is 5.32 Å².